The number of aromatic nitrogens is 2. The molecule has 1 amide bonds. The van der Waals surface area contributed by atoms with Crippen molar-refractivity contribution in [3.63, 3.8) is 0 Å². The number of carbonyl (C=O) groups excluding carboxylic acids is 1. The van der Waals surface area contributed by atoms with E-state index in [-0.39, 0.29) is 18.1 Å². The highest BCUT2D eigenvalue weighted by Crippen LogP contribution is 2.29. The highest BCUT2D eigenvalue weighted by molar-refractivity contribution is 5.79. The maximum Gasteiger partial charge on any atom is 0.433 e. The van der Waals surface area contributed by atoms with E-state index < -0.39 is 11.9 Å². The molecule has 6 nitrogen and oxygen atoms in total. The molecule has 0 N–H and O–H groups in total. The highest BCUT2D eigenvalue weighted by Gasteiger charge is 2.33. The second-order valence-electron chi connectivity index (χ2n) is 6.47. The molecule has 0 bridgehead atoms. The Bertz CT molecular complexity index is 829. The van der Waals surface area contributed by atoms with Crippen LogP contribution in [0.25, 0.3) is 0 Å². The molecule has 1 fully saturated rings. The van der Waals surface area contributed by atoms with Gasteiger partial charge in [0.05, 0.1) is 13.5 Å². The first-order valence-electron chi connectivity index (χ1n) is 8.92. The Morgan fingerprint density at radius 2 is 1.93 bits per heavy atom. The molecule has 1 aliphatic rings. The topological polar surface area (TPSA) is 58.6 Å². The van der Waals surface area contributed by atoms with Crippen molar-refractivity contribution in [3.05, 3.63) is 47.9 Å². The minimum Gasteiger partial charge on any atom is -0.496 e. The van der Waals surface area contributed by atoms with Gasteiger partial charge in [-0.15, -0.1) is 0 Å². The lowest BCUT2D eigenvalue weighted by Gasteiger charge is -2.23. The lowest BCUT2D eigenvalue weighted by Crippen LogP contribution is -2.36. The van der Waals surface area contributed by atoms with Crippen molar-refractivity contribution in [2.75, 3.05) is 38.2 Å². The maximum absolute atomic E-state index is 12.9. The van der Waals surface area contributed by atoms with Crippen molar-refractivity contribution < 1.29 is 22.7 Å². The molecule has 9 heteroatoms. The average molecular weight is 394 g/mol. The van der Waals surface area contributed by atoms with Crippen LogP contribution in [0.2, 0.25) is 0 Å². The second kappa shape index (κ2) is 8.45. The molecule has 0 radical (unpaired) electrons. The predicted molar refractivity (Wildman–Crippen MR) is 97.1 cm³/mol. The van der Waals surface area contributed by atoms with Gasteiger partial charge in [0.15, 0.2) is 0 Å². The molecule has 0 spiro atoms. The van der Waals surface area contributed by atoms with E-state index in [1.807, 2.05) is 18.2 Å². The number of carbonyl (C=O) groups is 1. The number of halogens is 3. The van der Waals surface area contributed by atoms with Crippen LogP contribution < -0.4 is 9.64 Å². The predicted octanol–water partition coefficient (Wildman–Crippen LogP) is 2.79. The largest absolute Gasteiger partial charge is 0.496 e. The van der Waals surface area contributed by atoms with Crippen LogP contribution in [0, 0.1) is 0 Å². The first kappa shape index (κ1) is 19.9. The van der Waals surface area contributed by atoms with Crippen molar-refractivity contribution in [1.29, 1.82) is 0 Å². The Morgan fingerprint density at radius 3 is 2.68 bits per heavy atom. The number of ether oxygens (including phenoxy) is 1. The van der Waals surface area contributed by atoms with Crippen LogP contribution in [0.1, 0.15) is 17.7 Å². The summed E-state index contributed by atoms with van der Waals surface area (Å²) in [6.07, 6.45) is -2.73. The van der Waals surface area contributed by atoms with Crippen molar-refractivity contribution in [1.82, 2.24) is 14.9 Å². The van der Waals surface area contributed by atoms with Gasteiger partial charge in [0.2, 0.25) is 5.91 Å². The molecule has 28 heavy (non-hydrogen) atoms. The summed E-state index contributed by atoms with van der Waals surface area (Å²) in [4.78, 5) is 23.5. The number of hydrogen-bond donors (Lipinski definition) is 0. The number of benzene rings is 1. The number of hydrogen-bond acceptors (Lipinski definition) is 5. The Kier molecular flexibility index (Phi) is 6.01. The molecule has 0 saturated carbocycles. The number of amides is 1. The van der Waals surface area contributed by atoms with Gasteiger partial charge < -0.3 is 14.5 Å². The van der Waals surface area contributed by atoms with Gasteiger partial charge in [-0.25, -0.2) is 9.97 Å². The van der Waals surface area contributed by atoms with Gasteiger partial charge in [0.1, 0.15) is 23.6 Å². The number of anilines is 1. The van der Waals surface area contributed by atoms with Crippen LogP contribution in [-0.2, 0) is 17.4 Å². The SMILES string of the molecule is COc1ccccc1CC(=O)N1CCCN(c2cc(C(F)(F)F)ncn2)CC1. The van der Waals surface area contributed by atoms with E-state index in [1.165, 1.54) is 0 Å². The zero-order valence-corrected chi connectivity index (χ0v) is 15.4. The third-order valence-electron chi connectivity index (χ3n) is 4.65. The van der Waals surface area contributed by atoms with E-state index in [4.69, 9.17) is 4.74 Å². The molecule has 0 unspecified atom stereocenters. The van der Waals surface area contributed by atoms with E-state index in [0.29, 0.717) is 38.3 Å². The smallest absolute Gasteiger partial charge is 0.433 e. The zero-order valence-electron chi connectivity index (χ0n) is 15.4. The highest BCUT2D eigenvalue weighted by atomic mass is 19.4. The molecule has 1 aliphatic heterocycles. The molecular weight excluding hydrogens is 373 g/mol. The Morgan fingerprint density at radius 1 is 1.14 bits per heavy atom. The summed E-state index contributed by atoms with van der Waals surface area (Å²) in [5.41, 5.74) is -0.160. The lowest BCUT2D eigenvalue weighted by molar-refractivity contribution is -0.141. The summed E-state index contributed by atoms with van der Waals surface area (Å²) in [7, 11) is 1.56. The van der Waals surface area contributed by atoms with Crippen molar-refractivity contribution in [2.24, 2.45) is 0 Å². The van der Waals surface area contributed by atoms with Gasteiger partial charge in [0.25, 0.3) is 0 Å². The fourth-order valence-electron chi connectivity index (χ4n) is 3.19. The van der Waals surface area contributed by atoms with Crippen LogP contribution in [0.4, 0.5) is 19.0 Å². The van der Waals surface area contributed by atoms with Gasteiger partial charge in [-0.2, -0.15) is 13.2 Å². The molecule has 1 aromatic heterocycles. The van der Waals surface area contributed by atoms with E-state index in [9.17, 15) is 18.0 Å². The van der Waals surface area contributed by atoms with E-state index in [1.54, 1.807) is 23.0 Å². The summed E-state index contributed by atoms with van der Waals surface area (Å²) in [6.45, 7) is 1.89. The lowest BCUT2D eigenvalue weighted by atomic mass is 10.1. The minimum atomic E-state index is -4.51. The van der Waals surface area contributed by atoms with E-state index in [0.717, 1.165) is 18.0 Å². The van der Waals surface area contributed by atoms with Gasteiger partial charge in [-0.05, 0) is 12.5 Å². The molecule has 1 aromatic carbocycles. The second-order valence-corrected chi connectivity index (χ2v) is 6.47. The Hall–Kier alpha value is -2.84. The molecule has 3 rings (SSSR count). The first-order chi connectivity index (χ1) is 13.4. The molecule has 150 valence electrons. The fraction of sp³-hybridized carbons (Fsp3) is 0.421. The van der Waals surface area contributed by atoms with E-state index >= 15 is 0 Å². The third kappa shape index (κ3) is 4.71. The van der Waals surface area contributed by atoms with E-state index in [2.05, 4.69) is 9.97 Å². The van der Waals surface area contributed by atoms with Crippen LogP contribution in [0.15, 0.2) is 36.7 Å². The van der Waals surface area contributed by atoms with Gasteiger partial charge in [-0.1, -0.05) is 18.2 Å². The molecule has 2 heterocycles. The van der Waals surface area contributed by atoms with Crippen LogP contribution >= 0.6 is 0 Å². The molecule has 2 aromatic rings. The van der Waals surface area contributed by atoms with Crippen LogP contribution in [0.3, 0.4) is 0 Å². The quantitative estimate of drug-likeness (QED) is 0.798. The van der Waals surface area contributed by atoms with Crippen molar-refractivity contribution in [2.45, 2.75) is 19.0 Å². The van der Waals surface area contributed by atoms with Gasteiger partial charge >= 0.3 is 6.18 Å². The molecule has 1 saturated heterocycles. The normalized spacial score (nSPS) is 15.3. The summed E-state index contributed by atoms with van der Waals surface area (Å²) in [6, 6.07) is 8.29. The number of alkyl halides is 3. The standard InChI is InChI=1S/C19H21F3N4O2/c1-28-15-6-3-2-5-14(15)11-18(27)26-8-4-7-25(9-10-26)17-12-16(19(20,21)22)23-13-24-17/h2-3,5-6,12-13H,4,7-11H2,1H3. The molecule has 0 atom stereocenters. The Balaban J connectivity index is 1.66. The number of rotatable bonds is 4. The summed E-state index contributed by atoms with van der Waals surface area (Å²) in [5, 5.41) is 0. The first-order valence-corrected chi connectivity index (χ1v) is 8.92. The number of para-hydroxylation sites is 1. The van der Waals surface area contributed by atoms with Crippen molar-refractivity contribution >= 4 is 11.7 Å². The number of nitrogens with zero attached hydrogens (tertiary/aromatic N) is 4. The zero-order chi connectivity index (χ0) is 20.1. The molecule has 0 aliphatic carbocycles. The van der Waals surface area contributed by atoms with Gasteiger partial charge in [0, 0.05) is 37.8 Å². The van der Waals surface area contributed by atoms with Crippen molar-refractivity contribution in [3.8, 4) is 5.75 Å². The third-order valence-corrected chi connectivity index (χ3v) is 4.65. The average Bonchev–Trinajstić information content (AvgIpc) is 2.94. The maximum atomic E-state index is 12.9. The monoisotopic (exact) mass is 394 g/mol. The van der Waals surface area contributed by atoms with Crippen LogP contribution in [-0.4, -0.2) is 54.1 Å². The van der Waals surface area contributed by atoms with Gasteiger partial charge in [-0.3, -0.25) is 4.79 Å². The summed E-state index contributed by atoms with van der Waals surface area (Å²) < 4.78 is 43.9. The Labute approximate surface area is 160 Å². The summed E-state index contributed by atoms with van der Waals surface area (Å²) in [5.74, 6) is 0.847. The summed E-state index contributed by atoms with van der Waals surface area (Å²) >= 11 is 0. The minimum absolute atomic E-state index is 0.0370. The number of methoxy groups -OCH3 is 1. The fourth-order valence-corrected chi connectivity index (χ4v) is 3.19. The molecular formula is C19H21F3N4O2. The van der Waals surface area contributed by atoms with Crippen LogP contribution in [0.5, 0.6) is 5.75 Å².